The molecule has 1 amide bonds. The van der Waals surface area contributed by atoms with Crippen molar-refractivity contribution in [2.45, 2.75) is 23.7 Å². The van der Waals surface area contributed by atoms with Crippen molar-refractivity contribution in [2.24, 2.45) is 0 Å². The van der Waals surface area contributed by atoms with E-state index in [2.05, 4.69) is 20.7 Å². The monoisotopic (exact) mass is 608 g/mol. The minimum Gasteiger partial charge on any atom is -0.468 e. The van der Waals surface area contributed by atoms with Crippen LogP contribution in [0.1, 0.15) is 27.9 Å². The molecule has 3 aromatic carbocycles. The maximum atomic E-state index is 13.5. The number of likely N-dealkylation sites (tertiary alicyclic amines) is 1. The van der Waals surface area contributed by atoms with E-state index in [9.17, 15) is 22.4 Å². The van der Waals surface area contributed by atoms with E-state index in [0.717, 1.165) is 5.56 Å². The third-order valence-corrected chi connectivity index (χ3v) is 8.76. The predicted octanol–water partition coefficient (Wildman–Crippen LogP) is 5.31. The predicted molar refractivity (Wildman–Crippen MR) is 142 cm³/mol. The Morgan fingerprint density at radius 1 is 1.11 bits per heavy atom. The van der Waals surface area contributed by atoms with Crippen molar-refractivity contribution in [3.8, 4) is 0 Å². The molecule has 0 saturated carbocycles. The van der Waals surface area contributed by atoms with Crippen LogP contribution in [0.5, 0.6) is 0 Å². The zero-order valence-corrected chi connectivity index (χ0v) is 23.1. The molecule has 1 heterocycles. The Kier molecular flexibility index (Phi) is 7.64. The summed E-state index contributed by atoms with van der Waals surface area (Å²) in [5, 5.41) is 0.0676. The van der Waals surface area contributed by atoms with Crippen LogP contribution in [-0.2, 0) is 25.0 Å². The highest BCUT2D eigenvalue weighted by Gasteiger charge is 2.48. The van der Waals surface area contributed by atoms with Crippen LogP contribution >= 0.6 is 27.5 Å². The van der Waals surface area contributed by atoms with E-state index in [1.165, 1.54) is 54.5 Å². The summed E-state index contributed by atoms with van der Waals surface area (Å²) in [5.74, 6) is -1.54. The van der Waals surface area contributed by atoms with Crippen LogP contribution in [0.15, 0.2) is 70.0 Å². The lowest BCUT2D eigenvalue weighted by Crippen LogP contribution is -2.41. The largest absolute Gasteiger partial charge is 0.468 e. The van der Waals surface area contributed by atoms with Crippen LogP contribution in [0.2, 0.25) is 5.02 Å². The van der Waals surface area contributed by atoms with Crippen molar-refractivity contribution in [2.75, 3.05) is 24.9 Å². The molecule has 1 aliphatic rings. The number of ether oxygens (including phenoxy) is 1. The first-order valence-corrected chi connectivity index (χ1v) is 13.8. The van der Waals surface area contributed by atoms with Crippen molar-refractivity contribution < 1.29 is 27.1 Å². The smallest absolute Gasteiger partial charge is 0.318 e. The van der Waals surface area contributed by atoms with E-state index in [-0.39, 0.29) is 35.0 Å². The quantitative estimate of drug-likeness (QED) is 0.383. The van der Waals surface area contributed by atoms with Crippen LogP contribution in [0.25, 0.3) is 0 Å². The number of hydrogen-bond acceptors (Lipinski definition) is 5. The molecule has 0 radical (unpaired) electrons. The number of nitrogens with zero attached hydrogens (tertiary/aromatic N) is 1. The molecule has 1 saturated heterocycles. The average Bonchev–Trinajstić information content (AvgIpc) is 3.32. The third kappa shape index (κ3) is 5.37. The Bertz CT molecular complexity index is 1480. The normalized spacial score (nSPS) is 17.5. The number of carbonyl (C=O) groups excluding carboxylic acids is 2. The van der Waals surface area contributed by atoms with Gasteiger partial charge in [0.25, 0.3) is 15.9 Å². The van der Waals surface area contributed by atoms with Crippen molar-refractivity contribution in [3.63, 3.8) is 0 Å². The molecule has 37 heavy (non-hydrogen) atoms. The molecule has 0 aromatic heterocycles. The molecular formula is C26H23BrClFN2O5S. The maximum absolute atomic E-state index is 13.5. The lowest BCUT2D eigenvalue weighted by molar-refractivity contribution is -0.147. The number of aryl methyl sites for hydroxylation is 1. The number of rotatable bonds is 6. The van der Waals surface area contributed by atoms with E-state index in [1.807, 2.05) is 13.0 Å². The van der Waals surface area contributed by atoms with E-state index in [1.54, 1.807) is 12.1 Å². The molecule has 1 N–H and O–H groups in total. The topological polar surface area (TPSA) is 92.8 Å². The molecule has 1 fully saturated rings. The van der Waals surface area contributed by atoms with Gasteiger partial charge in [-0.1, -0.05) is 29.8 Å². The van der Waals surface area contributed by atoms with Crippen molar-refractivity contribution in [1.29, 1.82) is 0 Å². The summed E-state index contributed by atoms with van der Waals surface area (Å²) in [4.78, 5) is 27.6. The number of sulfonamides is 1. The summed E-state index contributed by atoms with van der Waals surface area (Å²) in [6, 6.07) is 14.6. The number of nitrogens with one attached hydrogen (secondary N) is 1. The molecule has 0 spiro atoms. The molecule has 11 heteroatoms. The maximum Gasteiger partial charge on any atom is 0.318 e. The lowest BCUT2D eigenvalue weighted by atomic mass is 9.79. The lowest BCUT2D eigenvalue weighted by Gasteiger charge is -2.27. The molecule has 1 atom stereocenters. The number of methoxy groups -OCH3 is 1. The standard InChI is InChI=1S/C26H23BrClFN2O5S/c1-16-3-9-21(27)23(13-16)30-37(34,35)19-8-10-22(28)20(14-19)24(32)31-12-11-26(15-31,25(33)36-2)17-4-6-18(29)7-5-17/h3-10,13-14,30H,11-12,15H2,1-2H3. The van der Waals surface area contributed by atoms with Gasteiger partial charge in [0.2, 0.25) is 0 Å². The van der Waals surface area contributed by atoms with E-state index < -0.39 is 33.1 Å². The Balaban J connectivity index is 1.64. The van der Waals surface area contributed by atoms with Gasteiger partial charge in [-0.05, 0) is 82.9 Å². The Morgan fingerprint density at radius 3 is 2.49 bits per heavy atom. The fraction of sp³-hybridized carbons (Fsp3) is 0.231. The van der Waals surface area contributed by atoms with Crippen LogP contribution in [0.3, 0.4) is 0 Å². The first kappa shape index (κ1) is 27.1. The minimum absolute atomic E-state index is 0.0207. The van der Waals surface area contributed by atoms with Crippen LogP contribution < -0.4 is 4.72 Å². The summed E-state index contributed by atoms with van der Waals surface area (Å²) in [6.07, 6.45) is 0.246. The van der Waals surface area contributed by atoms with Gasteiger partial charge in [-0.15, -0.1) is 0 Å². The first-order valence-electron chi connectivity index (χ1n) is 11.2. The molecule has 194 valence electrons. The van der Waals surface area contributed by atoms with Gasteiger partial charge in [-0.2, -0.15) is 0 Å². The second kappa shape index (κ2) is 10.4. The molecule has 1 aliphatic heterocycles. The number of anilines is 1. The molecule has 0 bridgehead atoms. The van der Waals surface area contributed by atoms with Gasteiger partial charge < -0.3 is 9.64 Å². The van der Waals surface area contributed by atoms with Crippen molar-refractivity contribution >= 4 is 55.1 Å². The van der Waals surface area contributed by atoms with Gasteiger partial charge in [0.1, 0.15) is 11.2 Å². The summed E-state index contributed by atoms with van der Waals surface area (Å²) in [7, 11) is -2.80. The molecule has 7 nitrogen and oxygen atoms in total. The summed E-state index contributed by atoms with van der Waals surface area (Å²) in [6.45, 7) is 1.98. The van der Waals surface area contributed by atoms with Gasteiger partial charge in [-0.3, -0.25) is 14.3 Å². The zero-order chi connectivity index (χ0) is 27.0. The third-order valence-electron chi connectivity index (χ3n) is 6.37. The molecule has 4 rings (SSSR count). The van der Waals surface area contributed by atoms with Crippen molar-refractivity contribution in [3.05, 3.63) is 92.7 Å². The highest BCUT2D eigenvalue weighted by molar-refractivity contribution is 9.10. The number of carbonyl (C=O) groups is 2. The van der Waals surface area contributed by atoms with Gasteiger partial charge in [0.15, 0.2) is 0 Å². The fourth-order valence-electron chi connectivity index (χ4n) is 4.39. The number of amides is 1. The van der Waals surface area contributed by atoms with E-state index >= 15 is 0 Å². The average molecular weight is 610 g/mol. The van der Waals surface area contributed by atoms with Gasteiger partial charge in [-0.25, -0.2) is 12.8 Å². The second-order valence-electron chi connectivity index (χ2n) is 8.79. The minimum atomic E-state index is -4.06. The number of halogens is 3. The van der Waals surface area contributed by atoms with Crippen LogP contribution in [-0.4, -0.2) is 45.4 Å². The van der Waals surface area contributed by atoms with E-state index in [4.69, 9.17) is 16.3 Å². The Labute approximate surface area is 227 Å². The summed E-state index contributed by atoms with van der Waals surface area (Å²) >= 11 is 9.65. The first-order chi connectivity index (χ1) is 17.5. The van der Waals surface area contributed by atoms with Gasteiger partial charge in [0, 0.05) is 17.6 Å². The highest BCUT2D eigenvalue weighted by atomic mass is 79.9. The molecular weight excluding hydrogens is 587 g/mol. The SMILES string of the molecule is COC(=O)C1(c2ccc(F)cc2)CCN(C(=O)c2cc(S(=O)(=O)Nc3cc(C)ccc3Br)ccc2Cl)C1. The molecule has 0 aliphatic carbocycles. The highest BCUT2D eigenvalue weighted by Crippen LogP contribution is 2.37. The Morgan fingerprint density at radius 2 is 1.81 bits per heavy atom. The van der Waals surface area contributed by atoms with E-state index in [0.29, 0.717) is 15.7 Å². The van der Waals surface area contributed by atoms with Crippen LogP contribution in [0, 0.1) is 12.7 Å². The van der Waals surface area contributed by atoms with Gasteiger partial charge >= 0.3 is 5.97 Å². The number of hydrogen-bond donors (Lipinski definition) is 1. The Hall–Kier alpha value is -2.95. The summed E-state index contributed by atoms with van der Waals surface area (Å²) < 4.78 is 47.9. The second-order valence-corrected chi connectivity index (χ2v) is 11.7. The fourth-order valence-corrected chi connectivity index (χ4v) is 6.17. The zero-order valence-electron chi connectivity index (χ0n) is 19.9. The van der Waals surface area contributed by atoms with Crippen LogP contribution in [0.4, 0.5) is 10.1 Å². The van der Waals surface area contributed by atoms with Crippen molar-refractivity contribution in [1.82, 2.24) is 4.90 Å². The number of esters is 1. The van der Waals surface area contributed by atoms with Gasteiger partial charge in [0.05, 0.1) is 28.3 Å². The number of benzene rings is 3. The molecule has 3 aromatic rings. The summed E-state index contributed by atoms with van der Waals surface area (Å²) in [5.41, 5.74) is 0.522. The molecule has 1 unspecified atom stereocenters.